The summed E-state index contributed by atoms with van der Waals surface area (Å²) >= 11 is 0. The molecular formula is C15H15FN2O4. The van der Waals surface area contributed by atoms with E-state index in [-0.39, 0.29) is 36.0 Å². The van der Waals surface area contributed by atoms with Gasteiger partial charge in [-0.15, -0.1) is 0 Å². The van der Waals surface area contributed by atoms with Crippen molar-refractivity contribution in [2.45, 2.75) is 18.8 Å². The summed E-state index contributed by atoms with van der Waals surface area (Å²) in [6.45, 7) is -0.104. The maximum absolute atomic E-state index is 13.3. The van der Waals surface area contributed by atoms with Crippen LogP contribution in [0.15, 0.2) is 33.5 Å². The number of benzene rings is 1. The van der Waals surface area contributed by atoms with Crippen molar-refractivity contribution in [2.24, 2.45) is 5.73 Å². The number of fused-ring (bicyclic) bond motifs is 1. The van der Waals surface area contributed by atoms with Crippen LogP contribution < -0.4 is 11.2 Å². The summed E-state index contributed by atoms with van der Waals surface area (Å²) in [5, 5.41) is 9.66. The first kappa shape index (κ1) is 14.7. The average Bonchev–Trinajstić information content (AvgIpc) is 2.85. The zero-order valence-corrected chi connectivity index (χ0v) is 11.7. The number of aliphatic hydroxyl groups is 1. The van der Waals surface area contributed by atoms with Crippen LogP contribution >= 0.6 is 0 Å². The summed E-state index contributed by atoms with van der Waals surface area (Å²) in [4.78, 5) is 25.6. The molecule has 2 atom stereocenters. The van der Waals surface area contributed by atoms with Crippen LogP contribution in [0.5, 0.6) is 0 Å². The summed E-state index contributed by atoms with van der Waals surface area (Å²) in [6, 6.07) is 5.73. The van der Waals surface area contributed by atoms with E-state index < -0.39 is 18.2 Å². The lowest BCUT2D eigenvalue weighted by Gasteiger charge is -2.15. The highest BCUT2D eigenvalue weighted by atomic mass is 19.1. The predicted octanol–water partition coefficient (Wildman–Crippen LogP) is 0.406. The van der Waals surface area contributed by atoms with Gasteiger partial charge in [0.15, 0.2) is 5.43 Å². The van der Waals surface area contributed by atoms with Crippen molar-refractivity contribution in [1.29, 1.82) is 0 Å². The SMILES string of the molecule is NCc1cc(=O)c2cc(C(=O)N3C[C@@H](O)[C@H](F)C3)ccc2o1. The molecule has 2 aromatic rings. The zero-order chi connectivity index (χ0) is 15.9. The van der Waals surface area contributed by atoms with E-state index in [1.807, 2.05) is 0 Å². The molecule has 0 radical (unpaired) electrons. The van der Waals surface area contributed by atoms with Crippen molar-refractivity contribution < 1.29 is 18.7 Å². The summed E-state index contributed by atoms with van der Waals surface area (Å²) in [7, 11) is 0. The number of nitrogens with two attached hydrogens (primary N) is 1. The molecule has 1 aromatic carbocycles. The third-order valence-electron chi connectivity index (χ3n) is 3.73. The first-order chi connectivity index (χ1) is 10.5. The fourth-order valence-corrected chi connectivity index (χ4v) is 2.54. The number of amides is 1. The van der Waals surface area contributed by atoms with E-state index in [0.717, 1.165) is 0 Å². The Balaban J connectivity index is 1.97. The Morgan fingerprint density at radius 2 is 2.18 bits per heavy atom. The van der Waals surface area contributed by atoms with Gasteiger partial charge in [0.25, 0.3) is 5.91 Å². The molecule has 7 heteroatoms. The van der Waals surface area contributed by atoms with Gasteiger partial charge in [0.2, 0.25) is 0 Å². The van der Waals surface area contributed by atoms with Crippen molar-refractivity contribution in [3.63, 3.8) is 0 Å². The fraction of sp³-hybridized carbons (Fsp3) is 0.333. The molecule has 22 heavy (non-hydrogen) atoms. The molecule has 0 unspecified atom stereocenters. The van der Waals surface area contributed by atoms with Crippen molar-refractivity contribution >= 4 is 16.9 Å². The highest BCUT2D eigenvalue weighted by molar-refractivity contribution is 5.97. The summed E-state index contributed by atoms with van der Waals surface area (Å²) in [5.41, 5.74) is 5.75. The number of hydrogen-bond acceptors (Lipinski definition) is 5. The van der Waals surface area contributed by atoms with Crippen LogP contribution in [-0.4, -0.2) is 41.3 Å². The lowest BCUT2D eigenvalue weighted by Crippen LogP contribution is -2.29. The normalized spacial score (nSPS) is 21.5. The maximum atomic E-state index is 13.3. The van der Waals surface area contributed by atoms with Crippen LogP contribution in [0.1, 0.15) is 16.1 Å². The molecule has 116 valence electrons. The third kappa shape index (κ3) is 2.49. The van der Waals surface area contributed by atoms with E-state index in [0.29, 0.717) is 11.3 Å². The largest absolute Gasteiger partial charge is 0.459 e. The van der Waals surface area contributed by atoms with Gasteiger partial charge < -0.3 is 20.2 Å². The van der Waals surface area contributed by atoms with Gasteiger partial charge in [0.05, 0.1) is 18.5 Å². The van der Waals surface area contributed by atoms with Gasteiger partial charge in [-0.2, -0.15) is 0 Å². The highest BCUT2D eigenvalue weighted by Crippen LogP contribution is 2.19. The van der Waals surface area contributed by atoms with Gasteiger partial charge in [-0.05, 0) is 18.2 Å². The Morgan fingerprint density at radius 3 is 2.82 bits per heavy atom. The standard InChI is InChI=1S/C15H15FN2O4/c16-11-6-18(7-13(11)20)15(21)8-1-2-14-10(3-8)12(19)4-9(5-17)22-14/h1-4,11,13,20H,5-7,17H2/t11-,13-/m1/s1. The number of aliphatic hydroxyl groups excluding tert-OH is 1. The number of carbonyl (C=O) groups is 1. The van der Waals surface area contributed by atoms with E-state index in [4.69, 9.17) is 10.2 Å². The minimum absolute atomic E-state index is 0.0568. The van der Waals surface area contributed by atoms with Crippen LogP contribution in [-0.2, 0) is 6.54 Å². The fourth-order valence-electron chi connectivity index (χ4n) is 2.54. The highest BCUT2D eigenvalue weighted by Gasteiger charge is 2.34. The van der Waals surface area contributed by atoms with Gasteiger partial charge in [-0.25, -0.2) is 4.39 Å². The number of β-amino-alcohol motifs (C(OH)–C–C–N with tert-alkyl or cyclic N) is 1. The second kappa shape index (κ2) is 5.51. The molecule has 6 nitrogen and oxygen atoms in total. The molecular weight excluding hydrogens is 291 g/mol. The Bertz CT molecular complexity index is 779. The first-order valence-electron chi connectivity index (χ1n) is 6.88. The average molecular weight is 306 g/mol. The number of nitrogens with zero attached hydrogens (tertiary/aromatic N) is 1. The van der Waals surface area contributed by atoms with E-state index in [1.165, 1.54) is 29.2 Å². The van der Waals surface area contributed by atoms with Crippen LogP contribution in [0.2, 0.25) is 0 Å². The lowest BCUT2D eigenvalue weighted by atomic mass is 10.1. The quantitative estimate of drug-likeness (QED) is 0.837. The minimum Gasteiger partial charge on any atom is -0.459 e. The number of alkyl halides is 1. The van der Waals surface area contributed by atoms with E-state index in [2.05, 4.69) is 0 Å². The first-order valence-corrected chi connectivity index (χ1v) is 6.88. The second-order valence-corrected chi connectivity index (χ2v) is 5.29. The molecule has 3 rings (SSSR count). The molecule has 0 saturated carbocycles. The maximum Gasteiger partial charge on any atom is 0.254 e. The van der Waals surface area contributed by atoms with Gasteiger partial charge in [-0.1, -0.05) is 0 Å². The number of hydrogen-bond donors (Lipinski definition) is 2. The van der Waals surface area contributed by atoms with Gasteiger partial charge in [0, 0.05) is 18.2 Å². The topological polar surface area (TPSA) is 96.8 Å². The molecule has 0 spiro atoms. The van der Waals surface area contributed by atoms with Crippen molar-refractivity contribution in [2.75, 3.05) is 13.1 Å². The minimum atomic E-state index is -1.44. The van der Waals surface area contributed by atoms with Gasteiger partial charge in [-0.3, -0.25) is 9.59 Å². The third-order valence-corrected chi connectivity index (χ3v) is 3.73. The molecule has 0 bridgehead atoms. The van der Waals surface area contributed by atoms with Crippen LogP contribution in [0.4, 0.5) is 4.39 Å². The molecule has 0 aliphatic carbocycles. The number of likely N-dealkylation sites (tertiary alicyclic amines) is 1. The molecule has 2 heterocycles. The monoisotopic (exact) mass is 306 g/mol. The van der Waals surface area contributed by atoms with Crippen LogP contribution in [0.3, 0.4) is 0 Å². The van der Waals surface area contributed by atoms with Crippen LogP contribution in [0.25, 0.3) is 11.0 Å². The summed E-state index contributed by atoms with van der Waals surface area (Å²) < 4.78 is 18.8. The Hall–Kier alpha value is -2.25. The number of rotatable bonds is 2. The Kier molecular flexibility index (Phi) is 3.67. The molecule has 3 N–H and O–H groups in total. The lowest BCUT2D eigenvalue weighted by molar-refractivity contribution is 0.0764. The predicted molar refractivity (Wildman–Crippen MR) is 77.2 cm³/mol. The number of carbonyl (C=O) groups excluding carboxylic acids is 1. The van der Waals surface area contributed by atoms with E-state index in [1.54, 1.807) is 0 Å². The summed E-state index contributed by atoms with van der Waals surface area (Å²) in [6.07, 6.45) is -2.61. The molecule has 1 amide bonds. The molecule has 1 aliphatic heterocycles. The Morgan fingerprint density at radius 1 is 1.41 bits per heavy atom. The second-order valence-electron chi connectivity index (χ2n) is 5.29. The summed E-state index contributed by atoms with van der Waals surface area (Å²) in [5.74, 6) is -0.0667. The molecule has 1 saturated heterocycles. The van der Waals surface area contributed by atoms with E-state index >= 15 is 0 Å². The van der Waals surface area contributed by atoms with Crippen molar-refractivity contribution in [3.8, 4) is 0 Å². The molecule has 1 fully saturated rings. The molecule has 1 aliphatic rings. The van der Waals surface area contributed by atoms with Gasteiger partial charge in [0.1, 0.15) is 23.6 Å². The Labute approximate surface area is 124 Å². The van der Waals surface area contributed by atoms with Crippen LogP contribution in [0, 0.1) is 0 Å². The van der Waals surface area contributed by atoms with Gasteiger partial charge >= 0.3 is 0 Å². The molecule has 1 aromatic heterocycles. The smallest absolute Gasteiger partial charge is 0.254 e. The number of halogens is 1. The zero-order valence-electron chi connectivity index (χ0n) is 11.7. The van der Waals surface area contributed by atoms with Crippen molar-refractivity contribution in [3.05, 3.63) is 45.8 Å². The van der Waals surface area contributed by atoms with Crippen molar-refractivity contribution in [1.82, 2.24) is 4.90 Å². The van der Waals surface area contributed by atoms with E-state index in [9.17, 15) is 19.1 Å².